The van der Waals surface area contributed by atoms with Gasteiger partial charge < -0.3 is 14.4 Å². The molecule has 0 bridgehead atoms. The minimum absolute atomic E-state index is 0.0537. The monoisotopic (exact) mass is 431 g/mol. The van der Waals surface area contributed by atoms with Crippen molar-refractivity contribution in [2.75, 3.05) is 13.7 Å². The number of nitrogens with zero attached hydrogens (tertiary/aromatic N) is 2. The summed E-state index contributed by atoms with van der Waals surface area (Å²) in [7, 11) is 1.66. The Hall–Kier alpha value is -3.28. The number of benzene rings is 2. The normalized spacial score (nSPS) is 18.6. The van der Waals surface area contributed by atoms with Crippen LogP contribution < -0.4 is 9.47 Å². The minimum Gasteiger partial charge on any atom is -0.497 e. The first-order chi connectivity index (χ1) is 15.7. The Bertz CT molecular complexity index is 1080. The smallest absolute Gasteiger partial charge is 0.273 e. The molecule has 1 aliphatic heterocycles. The van der Waals surface area contributed by atoms with Crippen LogP contribution in [-0.2, 0) is 0 Å². The van der Waals surface area contributed by atoms with Gasteiger partial charge in [0.15, 0.2) is 0 Å². The lowest BCUT2D eigenvalue weighted by Crippen LogP contribution is -2.40. The SMILES string of the molecule is CCOc1ccc(C2c3c(-c4ccc(OC)cc4)n[nH]c3C(=O)N2C2CCCCC2)cc1. The molecule has 2 aliphatic rings. The van der Waals surface area contributed by atoms with Crippen molar-refractivity contribution in [1.82, 2.24) is 15.1 Å². The van der Waals surface area contributed by atoms with Crippen molar-refractivity contribution < 1.29 is 14.3 Å². The summed E-state index contributed by atoms with van der Waals surface area (Å²) >= 11 is 0. The third-order valence-electron chi connectivity index (χ3n) is 6.64. The van der Waals surface area contributed by atoms with E-state index in [4.69, 9.17) is 9.47 Å². The molecule has 0 spiro atoms. The molecule has 0 saturated heterocycles. The minimum atomic E-state index is -0.160. The number of methoxy groups -OCH3 is 1. The number of rotatable bonds is 6. The third kappa shape index (κ3) is 3.53. The standard InChI is InChI=1S/C26H29N3O3/c1-3-32-21-15-11-18(12-16-21)25-22-23(17-9-13-20(31-2)14-10-17)27-28-24(22)26(30)29(25)19-7-5-4-6-8-19/h9-16,19,25H,3-8H2,1-2H3,(H,27,28). The van der Waals surface area contributed by atoms with Crippen molar-refractivity contribution in [2.45, 2.75) is 51.1 Å². The number of amides is 1. The second-order valence-corrected chi connectivity index (χ2v) is 8.50. The summed E-state index contributed by atoms with van der Waals surface area (Å²) in [6, 6.07) is 16.1. The Morgan fingerprint density at radius 3 is 2.34 bits per heavy atom. The highest BCUT2D eigenvalue weighted by Gasteiger charge is 2.45. The quantitative estimate of drug-likeness (QED) is 0.570. The summed E-state index contributed by atoms with van der Waals surface area (Å²) in [5.41, 5.74) is 4.46. The van der Waals surface area contributed by atoms with Crippen molar-refractivity contribution in [3.05, 3.63) is 65.4 Å². The summed E-state index contributed by atoms with van der Waals surface area (Å²) in [5.74, 6) is 1.69. The van der Waals surface area contributed by atoms with E-state index < -0.39 is 0 Å². The van der Waals surface area contributed by atoms with Crippen LogP contribution in [-0.4, -0.2) is 40.8 Å². The molecule has 1 saturated carbocycles. The molecule has 1 aromatic heterocycles. The lowest BCUT2D eigenvalue weighted by molar-refractivity contribution is 0.0606. The van der Waals surface area contributed by atoms with Gasteiger partial charge in [0.05, 0.1) is 25.5 Å². The highest BCUT2D eigenvalue weighted by atomic mass is 16.5. The third-order valence-corrected chi connectivity index (χ3v) is 6.64. The second-order valence-electron chi connectivity index (χ2n) is 8.50. The maximum absolute atomic E-state index is 13.6. The predicted octanol–water partition coefficient (Wildman–Crippen LogP) is 5.36. The first-order valence-corrected chi connectivity index (χ1v) is 11.5. The highest BCUT2D eigenvalue weighted by Crippen LogP contribution is 2.46. The Balaban J connectivity index is 1.60. The lowest BCUT2D eigenvalue weighted by atomic mass is 9.91. The van der Waals surface area contributed by atoms with Gasteiger partial charge in [0.2, 0.25) is 0 Å². The highest BCUT2D eigenvalue weighted by molar-refractivity contribution is 6.00. The van der Waals surface area contributed by atoms with Gasteiger partial charge in [-0.15, -0.1) is 0 Å². The maximum Gasteiger partial charge on any atom is 0.273 e. The van der Waals surface area contributed by atoms with E-state index in [1.165, 1.54) is 19.3 Å². The maximum atomic E-state index is 13.6. The van der Waals surface area contributed by atoms with Crippen LogP contribution in [0.4, 0.5) is 0 Å². The van der Waals surface area contributed by atoms with Gasteiger partial charge in [-0.2, -0.15) is 5.10 Å². The summed E-state index contributed by atoms with van der Waals surface area (Å²) in [4.78, 5) is 15.7. The van der Waals surface area contributed by atoms with Crippen LogP contribution in [0.1, 0.15) is 66.7 Å². The summed E-state index contributed by atoms with van der Waals surface area (Å²) in [6.07, 6.45) is 5.68. The number of carbonyl (C=O) groups excluding carboxylic acids is 1. The van der Waals surface area contributed by atoms with Crippen LogP contribution in [0.5, 0.6) is 11.5 Å². The van der Waals surface area contributed by atoms with Crippen LogP contribution in [0.3, 0.4) is 0 Å². The number of H-pyrrole nitrogens is 1. The molecule has 1 amide bonds. The van der Waals surface area contributed by atoms with E-state index in [0.29, 0.717) is 12.3 Å². The first-order valence-electron chi connectivity index (χ1n) is 11.5. The fraction of sp³-hybridized carbons (Fsp3) is 0.385. The van der Waals surface area contributed by atoms with Crippen LogP contribution >= 0.6 is 0 Å². The molecule has 2 heterocycles. The summed E-state index contributed by atoms with van der Waals surface area (Å²) < 4.78 is 11.0. The van der Waals surface area contributed by atoms with E-state index in [9.17, 15) is 4.79 Å². The van der Waals surface area contributed by atoms with Crippen molar-refractivity contribution in [3.63, 3.8) is 0 Å². The van der Waals surface area contributed by atoms with Crippen molar-refractivity contribution in [3.8, 4) is 22.8 Å². The average Bonchev–Trinajstić information content (AvgIpc) is 3.39. The zero-order valence-electron chi connectivity index (χ0n) is 18.6. The van der Waals surface area contributed by atoms with Crippen molar-refractivity contribution >= 4 is 5.91 Å². The van der Waals surface area contributed by atoms with Gasteiger partial charge in [-0.05, 0) is 61.7 Å². The average molecular weight is 432 g/mol. The number of hydrogen-bond donors (Lipinski definition) is 1. The van der Waals surface area contributed by atoms with E-state index >= 15 is 0 Å². The number of ether oxygens (including phenoxy) is 2. The molecule has 0 radical (unpaired) electrons. The molecule has 1 aliphatic carbocycles. The molecular weight excluding hydrogens is 402 g/mol. The Kier molecular flexibility index (Phi) is 5.60. The van der Waals surface area contributed by atoms with Crippen molar-refractivity contribution in [1.29, 1.82) is 0 Å². The zero-order chi connectivity index (χ0) is 22.1. The van der Waals surface area contributed by atoms with Gasteiger partial charge in [-0.1, -0.05) is 31.4 Å². The summed E-state index contributed by atoms with van der Waals surface area (Å²) in [6.45, 7) is 2.61. The largest absolute Gasteiger partial charge is 0.497 e. The molecule has 1 fully saturated rings. The van der Waals surface area contributed by atoms with E-state index in [1.807, 2.05) is 43.3 Å². The molecule has 1 atom stereocenters. The molecule has 166 valence electrons. The van der Waals surface area contributed by atoms with Gasteiger partial charge in [0.25, 0.3) is 5.91 Å². The van der Waals surface area contributed by atoms with E-state index in [2.05, 4.69) is 27.2 Å². The van der Waals surface area contributed by atoms with Crippen LogP contribution in [0, 0.1) is 0 Å². The molecule has 5 rings (SSSR count). The van der Waals surface area contributed by atoms with Crippen molar-refractivity contribution in [2.24, 2.45) is 0 Å². The molecular formula is C26H29N3O3. The zero-order valence-corrected chi connectivity index (χ0v) is 18.6. The molecule has 6 heteroatoms. The fourth-order valence-corrected chi connectivity index (χ4v) is 5.11. The van der Waals surface area contributed by atoms with E-state index in [0.717, 1.165) is 46.7 Å². The lowest BCUT2D eigenvalue weighted by Gasteiger charge is -2.36. The molecule has 2 aromatic carbocycles. The van der Waals surface area contributed by atoms with E-state index in [-0.39, 0.29) is 18.0 Å². The molecule has 32 heavy (non-hydrogen) atoms. The van der Waals surface area contributed by atoms with E-state index in [1.54, 1.807) is 7.11 Å². The van der Waals surface area contributed by atoms with Crippen LogP contribution in [0.25, 0.3) is 11.3 Å². The Labute approximate surface area is 188 Å². The predicted molar refractivity (Wildman–Crippen MR) is 123 cm³/mol. The van der Waals surface area contributed by atoms with Gasteiger partial charge in [-0.25, -0.2) is 0 Å². The van der Waals surface area contributed by atoms with Crippen LogP contribution in [0.2, 0.25) is 0 Å². The van der Waals surface area contributed by atoms with Gasteiger partial charge in [0, 0.05) is 17.2 Å². The molecule has 1 unspecified atom stereocenters. The Morgan fingerprint density at radius 2 is 1.69 bits per heavy atom. The Morgan fingerprint density at radius 1 is 1.00 bits per heavy atom. The van der Waals surface area contributed by atoms with Gasteiger partial charge >= 0.3 is 0 Å². The van der Waals surface area contributed by atoms with Gasteiger partial charge in [-0.3, -0.25) is 9.89 Å². The number of fused-ring (bicyclic) bond motifs is 1. The van der Waals surface area contributed by atoms with Gasteiger partial charge in [0.1, 0.15) is 17.2 Å². The molecule has 3 aromatic rings. The molecule has 1 N–H and O–H groups in total. The number of hydrogen-bond acceptors (Lipinski definition) is 4. The van der Waals surface area contributed by atoms with Crippen LogP contribution in [0.15, 0.2) is 48.5 Å². The molecule has 6 nitrogen and oxygen atoms in total. The fourth-order valence-electron chi connectivity index (χ4n) is 5.11. The first kappa shape index (κ1) is 20.6. The summed E-state index contributed by atoms with van der Waals surface area (Å²) in [5, 5.41) is 7.64. The second kappa shape index (κ2) is 8.69. The number of nitrogens with one attached hydrogen (secondary N) is 1. The number of aromatic amines is 1. The topological polar surface area (TPSA) is 67.5 Å². The number of carbonyl (C=O) groups is 1. The number of aromatic nitrogens is 2.